The highest BCUT2D eigenvalue weighted by molar-refractivity contribution is 6.10. The molecule has 0 radical (unpaired) electrons. The van der Waals surface area contributed by atoms with Crippen LogP contribution in [-0.2, 0) is 11.2 Å². The summed E-state index contributed by atoms with van der Waals surface area (Å²) in [6.45, 7) is 0. The van der Waals surface area contributed by atoms with Crippen molar-refractivity contribution in [3.63, 3.8) is 0 Å². The van der Waals surface area contributed by atoms with Gasteiger partial charge in [-0.2, -0.15) is 0 Å². The zero-order chi connectivity index (χ0) is 15.6. The maximum absolute atomic E-state index is 13.1. The lowest BCUT2D eigenvalue weighted by Crippen LogP contribution is -2.24. The number of nitrogens with zero attached hydrogens (tertiary/aromatic N) is 1. The molecule has 4 rings (SSSR count). The van der Waals surface area contributed by atoms with Crippen LogP contribution >= 0.6 is 0 Å². The number of carbonyl (C=O) groups excluding carboxylic acids is 1. The van der Waals surface area contributed by atoms with Crippen LogP contribution in [0.3, 0.4) is 0 Å². The number of hydrogen-bond donors (Lipinski definition) is 0. The van der Waals surface area contributed by atoms with Gasteiger partial charge in [0.1, 0.15) is 0 Å². The standard InChI is InChI=1S/C21H17NO/c23-21-19(15-16-9-3-1-4-10-16)18-13-7-8-14-20(18)22(21)17-11-5-2-6-12-17/h1-14,19H,15H2. The van der Waals surface area contributed by atoms with E-state index in [1.165, 1.54) is 5.56 Å². The molecule has 0 saturated carbocycles. The molecule has 3 aromatic carbocycles. The highest BCUT2D eigenvalue weighted by atomic mass is 16.2. The third-order valence-electron chi connectivity index (χ3n) is 4.37. The number of hydrogen-bond acceptors (Lipinski definition) is 1. The molecule has 1 heterocycles. The number of carbonyl (C=O) groups is 1. The number of para-hydroxylation sites is 2. The van der Waals surface area contributed by atoms with Crippen LogP contribution in [0.2, 0.25) is 0 Å². The molecular formula is C21H17NO. The Hall–Kier alpha value is -2.87. The second-order valence-electron chi connectivity index (χ2n) is 5.81. The van der Waals surface area contributed by atoms with E-state index >= 15 is 0 Å². The van der Waals surface area contributed by atoms with Gasteiger partial charge in [-0.25, -0.2) is 0 Å². The van der Waals surface area contributed by atoms with E-state index in [1.54, 1.807) is 0 Å². The fourth-order valence-electron chi connectivity index (χ4n) is 3.28. The Morgan fingerprint density at radius 3 is 2.09 bits per heavy atom. The molecule has 0 aliphatic carbocycles. The zero-order valence-corrected chi connectivity index (χ0v) is 12.7. The lowest BCUT2D eigenvalue weighted by molar-refractivity contribution is -0.118. The van der Waals surface area contributed by atoms with Gasteiger partial charge >= 0.3 is 0 Å². The molecule has 0 saturated heterocycles. The first-order chi connectivity index (χ1) is 11.3. The minimum absolute atomic E-state index is 0.117. The predicted molar refractivity (Wildman–Crippen MR) is 92.9 cm³/mol. The maximum atomic E-state index is 13.1. The summed E-state index contributed by atoms with van der Waals surface area (Å²) in [6, 6.07) is 28.2. The Morgan fingerprint density at radius 1 is 0.739 bits per heavy atom. The molecule has 1 aliphatic rings. The SMILES string of the molecule is O=C1C(Cc2ccccc2)c2ccccc2N1c1ccccc1. The van der Waals surface area contributed by atoms with E-state index in [4.69, 9.17) is 0 Å². The molecule has 2 nitrogen and oxygen atoms in total. The molecule has 1 aliphatic heterocycles. The first kappa shape index (κ1) is 13.8. The molecule has 0 fully saturated rings. The van der Waals surface area contributed by atoms with E-state index in [0.29, 0.717) is 0 Å². The minimum Gasteiger partial charge on any atom is -0.280 e. The second-order valence-corrected chi connectivity index (χ2v) is 5.81. The molecule has 0 bridgehead atoms. The first-order valence-corrected chi connectivity index (χ1v) is 7.86. The molecule has 0 spiro atoms. The quantitative estimate of drug-likeness (QED) is 0.687. The molecule has 1 amide bonds. The zero-order valence-electron chi connectivity index (χ0n) is 12.7. The van der Waals surface area contributed by atoms with E-state index < -0.39 is 0 Å². The average molecular weight is 299 g/mol. The molecule has 0 N–H and O–H groups in total. The van der Waals surface area contributed by atoms with Gasteiger partial charge < -0.3 is 0 Å². The molecule has 1 unspecified atom stereocenters. The van der Waals surface area contributed by atoms with E-state index in [2.05, 4.69) is 18.2 Å². The molecule has 3 aromatic rings. The van der Waals surface area contributed by atoms with E-state index in [0.717, 1.165) is 23.4 Å². The Bertz CT molecular complexity index is 827. The minimum atomic E-state index is -0.117. The Labute approximate surface area is 136 Å². The summed E-state index contributed by atoms with van der Waals surface area (Å²) in [5.41, 5.74) is 4.24. The third kappa shape index (κ3) is 2.42. The normalized spacial score (nSPS) is 16.4. The number of amides is 1. The van der Waals surface area contributed by atoms with Crippen LogP contribution in [0.5, 0.6) is 0 Å². The van der Waals surface area contributed by atoms with Gasteiger partial charge in [-0.15, -0.1) is 0 Å². The van der Waals surface area contributed by atoms with Gasteiger partial charge in [-0.3, -0.25) is 9.69 Å². The lowest BCUT2D eigenvalue weighted by atomic mass is 9.93. The molecule has 1 atom stereocenters. The third-order valence-corrected chi connectivity index (χ3v) is 4.37. The van der Waals surface area contributed by atoms with Crippen molar-refractivity contribution in [2.75, 3.05) is 4.90 Å². The molecular weight excluding hydrogens is 282 g/mol. The predicted octanol–water partition coefficient (Wildman–Crippen LogP) is 4.69. The highest BCUT2D eigenvalue weighted by Gasteiger charge is 2.37. The fourth-order valence-corrected chi connectivity index (χ4v) is 3.28. The van der Waals surface area contributed by atoms with E-state index in [-0.39, 0.29) is 11.8 Å². The number of rotatable bonds is 3. The Balaban J connectivity index is 1.76. The average Bonchev–Trinajstić information content (AvgIpc) is 2.89. The van der Waals surface area contributed by atoms with Crippen LogP contribution < -0.4 is 4.90 Å². The summed E-state index contributed by atoms with van der Waals surface area (Å²) < 4.78 is 0. The second kappa shape index (κ2) is 5.73. The van der Waals surface area contributed by atoms with Crippen LogP contribution in [0.1, 0.15) is 17.0 Å². The van der Waals surface area contributed by atoms with Crippen LogP contribution in [0.15, 0.2) is 84.9 Å². The van der Waals surface area contributed by atoms with Crippen molar-refractivity contribution in [2.45, 2.75) is 12.3 Å². The fraction of sp³-hybridized carbons (Fsp3) is 0.0952. The highest BCUT2D eigenvalue weighted by Crippen LogP contribution is 2.42. The molecule has 23 heavy (non-hydrogen) atoms. The Morgan fingerprint density at radius 2 is 1.35 bits per heavy atom. The van der Waals surface area contributed by atoms with Gasteiger partial charge in [-0.05, 0) is 35.7 Å². The summed E-state index contributed by atoms with van der Waals surface area (Å²) in [5.74, 6) is 0.0371. The summed E-state index contributed by atoms with van der Waals surface area (Å²) in [4.78, 5) is 14.9. The smallest absolute Gasteiger partial charge is 0.239 e. The van der Waals surface area contributed by atoms with Gasteiger partial charge in [0.25, 0.3) is 0 Å². The number of benzene rings is 3. The summed E-state index contributed by atoms with van der Waals surface area (Å²) in [5, 5.41) is 0. The van der Waals surface area contributed by atoms with Gasteiger partial charge in [0, 0.05) is 5.69 Å². The number of fused-ring (bicyclic) bond motifs is 1. The van der Waals surface area contributed by atoms with Crippen molar-refractivity contribution in [1.82, 2.24) is 0 Å². The van der Waals surface area contributed by atoms with Crippen molar-refractivity contribution in [3.8, 4) is 0 Å². The molecule has 112 valence electrons. The van der Waals surface area contributed by atoms with Gasteiger partial charge in [0.2, 0.25) is 5.91 Å². The molecule has 2 heteroatoms. The van der Waals surface area contributed by atoms with Crippen LogP contribution in [0, 0.1) is 0 Å². The van der Waals surface area contributed by atoms with E-state index in [1.807, 2.05) is 71.6 Å². The monoisotopic (exact) mass is 299 g/mol. The van der Waals surface area contributed by atoms with Crippen molar-refractivity contribution in [2.24, 2.45) is 0 Å². The first-order valence-electron chi connectivity index (χ1n) is 7.86. The summed E-state index contributed by atoms with van der Waals surface area (Å²) >= 11 is 0. The topological polar surface area (TPSA) is 20.3 Å². The van der Waals surface area contributed by atoms with Gasteiger partial charge in [-0.1, -0.05) is 66.7 Å². The van der Waals surface area contributed by atoms with Gasteiger partial charge in [0.05, 0.1) is 11.6 Å². The molecule has 0 aromatic heterocycles. The number of anilines is 2. The van der Waals surface area contributed by atoms with Crippen molar-refractivity contribution >= 4 is 17.3 Å². The van der Waals surface area contributed by atoms with Crippen LogP contribution in [0.25, 0.3) is 0 Å². The van der Waals surface area contributed by atoms with Crippen LogP contribution in [-0.4, -0.2) is 5.91 Å². The van der Waals surface area contributed by atoms with Crippen LogP contribution in [0.4, 0.5) is 11.4 Å². The van der Waals surface area contributed by atoms with Crippen molar-refractivity contribution < 1.29 is 4.79 Å². The van der Waals surface area contributed by atoms with E-state index in [9.17, 15) is 4.79 Å². The van der Waals surface area contributed by atoms with Crippen molar-refractivity contribution in [3.05, 3.63) is 96.1 Å². The Kier molecular flexibility index (Phi) is 3.43. The lowest BCUT2D eigenvalue weighted by Gasteiger charge is -2.18. The summed E-state index contributed by atoms with van der Waals surface area (Å²) in [6.07, 6.45) is 0.736. The summed E-state index contributed by atoms with van der Waals surface area (Å²) in [7, 11) is 0. The largest absolute Gasteiger partial charge is 0.280 e. The van der Waals surface area contributed by atoms with Crippen molar-refractivity contribution in [1.29, 1.82) is 0 Å². The maximum Gasteiger partial charge on any atom is 0.239 e. The van der Waals surface area contributed by atoms with Gasteiger partial charge in [0.15, 0.2) is 0 Å².